The van der Waals surface area contributed by atoms with Gasteiger partial charge in [0.1, 0.15) is 0 Å². The Bertz CT molecular complexity index is 779. The van der Waals surface area contributed by atoms with Crippen LogP contribution in [0.3, 0.4) is 0 Å². The van der Waals surface area contributed by atoms with Crippen molar-refractivity contribution >= 4 is 0 Å². The zero-order valence-corrected chi connectivity index (χ0v) is 18.8. The summed E-state index contributed by atoms with van der Waals surface area (Å²) in [5, 5.41) is 12.1. The van der Waals surface area contributed by atoms with Gasteiger partial charge in [0, 0.05) is 5.41 Å². The van der Waals surface area contributed by atoms with E-state index in [0.29, 0.717) is 30.1 Å². The third kappa shape index (κ3) is 3.07. The van der Waals surface area contributed by atoms with Crippen LogP contribution in [-0.2, 0) is 6.42 Å². The van der Waals surface area contributed by atoms with Crippen molar-refractivity contribution in [3.63, 3.8) is 0 Å². The minimum atomic E-state index is -0.636. The summed E-state index contributed by atoms with van der Waals surface area (Å²) in [6.45, 7) is 15.0. The average Bonchev–Trinajstić information content (AvgIpc) is 2.90. The van der Waals surface area contributed by atoms with Gasteiger partial charge < -0.3 is 5.11 Å². The normalized spacial score (nSPS) is 40.6. The van der Waals surface area contributed by atoms with Crippen molar-refractivity contribution in [1.29, 1.82) is 0 Å². The highest BCUT2D eigenvalue weighted by atomic mass is 16.3. The molecule has 1 heteroatoms. The first kappa shape index (κ1) is 20.9. The first-order chi connectivity index (χ1) is 13.9. The maximum absolute atomic E-state index is 12.1. The summed E-state index contributed by atoms with van der Waals surface area (Å²) >= 11 is 0. The largest absolute Gasteiger partial charge is 0.389 e. The topological polar surface area (TPSA) is 20.2 Å². The lowest BCUT2D eigenvalue weighted by molar-refractivity contribution is -0.124. The van der Waals surface area contributed by atoms with Crippen LogP contribution < -0.4 is 0 Å². The van der Waals surface area contributed by atoms with Crippen molar-refractivity contribution < 1.29 is 5.11 Å². The van der Waals surface area contributed by atoms with Crippen LogP contribution in [0.1, 0.15) is 81.4 Å². The molecule has 29 heavy (non-hydrogen) atoms. The summed E-state index contributed by atoms with van der Waals surface area (Å²) in [7, 11) is 0. The molecule has 0 spiro atoms. The molecule has 0 amide bonds. The molecule has 158 valence electrons. The molecule has 0 radical (unpaired) electrons. The fourth-order valence-electron chi connectivity index (χ4n) is 7.95. The summed E-state index contributed by atoms with van der Waals surface area (Å²) < 4.78 is 0. The lowest BCUT2D eigenvalue weighted by Gasteiger charge is -2.56. The predicted octanol–water partition coefficient (Wildman–Crippen LogP) is 6.99. The quantitative estimate of drug-likeness (QED) is 0.517. The second-order valence-corrected chi connectivity index (χ2v) is 10.6. The van der Waals surface area contributed by atoms with Crippen LogP contribution in [-0.4, -0.2) is 10.7 Å². The third-order valence-corrected chi connectivity index (χ3v) is 9.22. The predicted molar refractivity (Wildman–Crippen MR) is 123 cm³/mol. The van der Waals surface area contributed by atoms with Gasteiger partial charge in [-0.15, -0.1) is 13.2 Å². The number of hydrogen-bond donors (Lipinski definition) is 1. The average molecular weight is 393 g/mol. The Morgan fingerprint density at radius 2 is 2.03 bits per heavy atom. The molecule has 0 bridgehead atoms. The van der Waals surface area contributed by atoms with E-state index in [1.807, 2.05) is 12.2 Å². The van der Waals surface area contributed by atoms with E-state index in [1.165, 1.54) is 31.2 Å². The molecule has 0 aromatic heterocycles. The minimum absolute atomic E-state index is 0.00970. The zero-order valence-electron chi connectivity index (χ0n) is 18.8. The molecule has 1 aromatic rings. The number of aryl methyl sites for hydroxylation is 1. The van der Waals surface area contributed by atoms with Gasteiger partial charge in [-0.25, -0.2) is 0 Å². The van der Waals surface area contributed by atoms with Crippen LogP contribution in [0.2, 0.25) is 0 Å². The van der Waals surface area contributed by atoms with E-state index in [9.17, 15) is 5.11 Å². The van der Waals surface area contributed by atoms with Crippen molar-refractivity contribution in [3.8, 4) is 0 Å². The van der Waals surface area contributed by atoms with Crippen molar-refractivity contribution in [2.75, 3.05) is 0 Å². The van der Waals surface area contributed by atoms with Crippen LogP contribution in [0.5, 0.6) is 0 Å². The van der Waals surface area contributed by atoms with Crippen LogP contribution >= 0.6 is 0 Å². The Hall–Kier alpha value is -1.34. The van der Waals surface area contributed by atoms with E-state index < -0.39 is 5.60 Å². The molecule has 0 heterocycles. The van der Waals surface area contributed by atoms with Gasteiger partial charge in [-0.2, -0.15) is 0 Å². The summed E-state index contributed by atoms with van der Waals surface area (Å²) in [4.78, 5) is 0. The molecular weight excluding hydrogens is 352 g/mol. The second-order valence-electron chi connectivity index (χ2n) is 10.6. The molecule has 1 N–H and O–H groups in total. The number of allylic oxidation sites excluding steroid dienone is 1. The smallest absolute Gasteiger partial charge is 0.0768 e. The molecule has 2 fully saturated rings. The Labute approximate surface area is 178 Å². The summed E-state index contributed by atoms with van der Waals surface area (Å²) in [5.41, 5.74) is 3.97. The third-order valence-electron chi connectivity index (χ3n) is 9.22. The lowest BCUT2D eigenvalue weighted by Crippen LogP contribution is -2.53. The van der Waals surface area contributed by atoms with E-state index in [1.54, 1.807) is 11.1 Å². The van der Waals surface area contributed by atoms with Gasteiger partial charge in [-0.05, 0) is 86.2 Å². The fourth-order valence-corrected chi connectivity index (χ4v) is 7.95. The van der Waals surface area contributed by atoms with Crippen molar-refractivity contribution in [3.05, 3.63) is 60.2 Å². The number of hydrogen-bond acceptors (Lipinski definition) is 1. The Balaban J connectivity index is 1.78. The minimum Gasteiger partial charge on any atom is -0.389 e. The van der Waals surface area contributed by atoms with Gasteiger partial charge in [-0.3, -0.25) is 0 Å². The monoisotopic (exact) mass is 392 g/mol. The highest BCUT2D eigenvalue weighted by Gasteiger charge is 2.65. The van der Waals surface area contributed by atoms with Crippen LogP contribution in [0.15, 0.2) is 43.5 Å². The fraction of sp³-hybridized carbons (Fsp3) is 0.643. The number of benzene rings is 1. The Morgan fingerprint density at radius 1 is 1.24 bits per heavy atom. The molecule has 0 aliphatic heterocycles. The number of aliphatic hydroxyl groups is 1. The molecule has 3 aliphatic rings. The molecule has 7 atom stereocenters. The lowest BCUT2D eigenvalue weighted by atomic mass is 9.50. The maximum atomic E-state index is 12.1. The van der Waals surface area contributed by atoms with E-state index in [2.05, 4.69) is 52.1 Å². The van der Waals surface area contributed by atoms with Gasteiger partial charge in [0.2, 0.25) is 0 Å². The van der Waals surface area contributed by atoms with Crippen molar-refractivity contribution in [2.45, 2.75) is 83.7 Å². The Kier molecular flexibility index (Phi) is 5.57. The highest BCUT2D eigenvalue weighted by Crippen LogP contribution is 2.68. The van der Waals surface area contributed by atoms with Gasteiger partial charge >= 0.3 is 0 Å². The highest BCUT2D eigenvalue weighted by molar-refractivity contribution is 5.39. The number of fused-ring (bicyclic) bond motifs is 5. The van der Waals surface area contributed by atoms with E-state index in [-0.39, 0.29) is 5.41 Å². The second kappa shape index (κ2) is 7.73. The van der Waals surface area contributed by atoms with E-state index in [0.717, 1.165) is 25.2 Å². The SMILES string of the molecule is C=CC[C@@H]1CC2C3C(CC[C@]2(C)[C@]1(O)CC=C)c1ccc(C)cc1C[C@H]3CCC. The van der Waals surface area contributed by atoms with Gasteiger partial charge in [-0.1, -0.05) is 62.6 Å². The number of rotatable bonds is 6. The molecule has 0 saturated heterocycles. The van der Waals surface area contributed by atoms with Gasteiger partial charge in [0.25, 0.3) is 0 Å². The van der Waals surface area contributed by atoms with Crippen LogP contribution in [0.25, 0.3) is 0 Å². The zero-order chi connectivity index (χ0) is 20.8. The van der Waals surface area contributed by atoms with Crippen molar-refractivity contribution in [2.24, 2.45) is 29.1 Å². The van der Waals surface area contributed by atoms with Gasteiger partial charge in [0.05, 0.1) is 5.60 Å². The van der Waals surface area contributed by atoms with Crippen LogP contribution in [0, 0.1) is 36.0 Å². The molecule has 3 unspecified atom stereocenters. The maximum Gasteiger partial charge on any atom is 0.0768 e. The standard InChI is InChI=1S/C28H40O/c1-6-9-20-17-21-16-19(4)11-12-23(21)24-13-15-27(5)25(26(20)24)18-22(10-7-2)28(27,29)14-8-3/h7-8,11-12,16,20,22,24-26,29H,2-3,6,9-10,13-15,17-18H2,1,4-5H3/t20-,22-,24?,25?,26?,27+,28+/m1/s1. The summed E-state index contributed by atoms with van der Waals surface area (Å²) in [6.07, 6.45) is 12.9. The Morgan fingerprint density at radius 3 is 2.72 bits per heavy atom. The molecule has 2 saturated carbocycles. The van der Waals surface area contributed by atoms with Gasteiger partial charge in [0.15, 0.2) is 0 Å². The molecule has 1 aromatic carbocycles. The molecular formula is C28H40O. The van der Waals surface area contributed by atoms with Crippen LogP contribution in [0.4, 0.5) is 0 Å². The molecule has 1 nitrogen and oxygen atoms in total. The first-order valence-corrected chi connectivity index (χ1v) is 11.9. The molecule has 3 aliphatic carbocycles. The summed E-state index contributed by atoms with van der Waals surface area (Å²) in [5.74, 6) is 3.04. The summed E-state index contributed by atoms with van der Waals surface area (Å²) in [6, 6.07) is 7.19. The van der Waals surface area contributed by atoms with E-state index >= 15 is 0 Å². The van der Waals surface area contributed by atoms with Crippen molar-refractivity contribution in [1.82, 2.24) is 0 Å². The molecule has 4 rings (SSSR count). The first-order valence-electron chi connectivity index (χ1n) is 11.9. The van der Waals surface area contributed by atoms with E-state index in [4.69, 9.17) is 0 Å².